The number of aliphatic hydroxyl groups is 1. The van der Waals surface area contributed by atoms with E-state index in [4.69, 9.17) is 10.8 Å². The summed E-state index contributed by atoms with van der Waals surface area (Å²) < 4.78 is 0. The summed E-state index contributed by atoms with van der Waals surface area (Å²) in [5, 5.41) is 45.0. The molecule has 20 heteroatoms. The van der Waals surface area contributed by atoms with E-state index in [1.54, 1.807) is 13.8 Å². The van der Waals surface area contributed by atoms with Gasteiger partial charge in [-0.05, 0) is 52.4 Å². The van der Waals surface area contributed by atoms with E-state index < -0.39 is 115 Å². The van der Waals surface area contributed by atoms with Crippen LogP contribution in [0.1, 0.15) is 73.1 Å². The van der Waals surface area contributed by atoms with Gasteiger partial charge in [0.25, 0.3) is 0 Å². The van der Waals surface area contributed by atoms with Crippen LogP contribution in [0, 0.1) is 5.92 Å². The van der Waals surface area contributed by atoms with Gasteiger partial charge < -0.3 is 58.3 Å². The molecule has 0 aromatic heterocycles. The zero-order chi connectivity index (χ0) is 38.3. The molecule has 0 radical (unpaired) electrons. The Morgan fingerprint density at radius 3 is 1.92 bits per heavy atom. The van der Waals surface area contributed by atoms with Crippen LogP contribution in [0.25, 0.3) is 0 Å². The molecule has 0 aliphatic carbocycles. The highest BCUT2D eigenvalue weighted by Crippen LogP contribution is 2.11. The van der Waals surface area contributed by atoms with Gasteiger partial charge in [0, 0.05) is 19.4 Å². The first-order valence-electron chi connectivity index (χ1n) is 16.1. The molecule has 7 amide bonds. The Bertz CT molecular complexity index is 1290. The summed E-state index contributed by atoms with van der Waals surface area (Å²) in [5.41, 5.74) is 3.46. The van der Waals surface area contributed by atoms with Crippen molar-refractivity contribution in [2.75, 3.05) is 13.1 Å². The van der Waals surface area contributed by atoms with Gasteiger partial charge in [-0.1, -0.05) is 13.8 Å². The number of amides is 7. The highest BCUT2D eigenvalue weighted by molar-refractivity contribution is 5.98. The Morgan fingerprint density at radius 1 is 0.820 bits per heavy atom. The summed E-state index contributed by atoms with van der Waals surface area (Å²) >= 11 is 0. The number of hydrogen-bond acceptors (Lipinski definition) is 11. The van der Waals surface area contributed by atoms with Crippen molar-refractivity contribution in [2.24, 2.45) is 11.7 Å². The monoisotopic (exact) mass is 714 g/mol. The lowest BCUT2D eigenvalue weighted by molar-refractivity contribution is -0.142. The van der Waals surface area contributed by atoms with Gasteiger partial charge in [-0.25, -0.2) is 0 Å². The minimum absolute atomic E-state index is 0.114. The first kappa shape index (κ1) is 43.2. The van der Waals surface area contributed by atoms with E-state index in [-0.39, 0.29) is 38.1 Å². The second-order valence-corrected chi connectivity index (χ2v) is 13.0. The summed E-state index contributed by atoms with van der Waals surface area (Å²) in [5.74, 6) is -8.57. The van der Waals surface area contributed by atoms with Crippen LogP contribution in [0.5, 0.6) is 0 Å². The van der Waals surface area contributed by atoms with Crippen LogP contribution >= 0.6 is 0 Å². The van der Waals surface area contributed by atoms with Gasteiger partial charge in [0.1, 0.15) is 29.7 Å². The van der Waals surface area contributed by atoms with Crippen LogP contribution < -0.4 is 43.0 Å². The summed E-state index contributed by atoms with van der Waals surface area (Å²) in [6, 6.07) is -6.18. The highest BCUT2D eigenvalue weighted by atomic mass is 16.4. The number of carboxylic acid groups (broad SMARTS) is 2. The smallest absolute Gasteiger partial charge is 0.325 e. The third-order valence-corrected chi connectivity index (χ3v) is 7.52. The first-order chi connectivity index (χ1) is 23.1. The minimum atomic E-state index is -1.75. The molecule has 6 atom stereocenters. The largest absolute Gasteiger partial charge is 0.481 e. The van der Waals surface area contributed by atoms with Crippen LogP contribution in [-0.4, -0.2) is 124 Å². The number of β-amino-alcohol motifs (C(OH)–C–C–N with tert-alkyl or cyclic N) is 1. The molecule has 0 bridgehead atoms. The third kappa shape index (κ3) is 15.6. The maximum atomic E-state index is 13.4. The highest BCUT2D eigenvalue weighted by Gasteiger charge is 2.37. The van der Waals surface area contributed by atoms with Crippen LogP contribution in [0.4, 0.5) is 0 Å². The van der Waals surface area contributed by atoms with E-state index in [1.165, 1.54) is 20.8 Å². The predicted molar refractivity (Wildman–Crippen MR) is 173 cm³/mol. The van der Waals surface area contributed by atoms with E-state index in [0.29, 0.717) is 0 Å². The van der Waals surface area contributed by atoms with Gasteiger partial charge in [-0.3, -0.25) is 43.2 Å². The minimum Gasteiger partial charge on any atom is -0.481 e. The Kier molecular flexibility index (Phi) is 17.2. The molecule has 1 aliphatic heterocycles. The summed E-state index contributed by atoms with van der Waals surface area (Å²) in [6.07, 6.45) is -2.22. The molecule has 0 aromatic rings. The molecule has 50 heavy (non-hydrogen) atoms. The van der Waals surface area contributed by atoms with Crippen LogP contribution in [0.15, 0.2) is 0 Å². The molecule has 0 unspecified atom stereocenters. The standard InChI is InChI=1S/C30H50N8O12/c1-14(2)10-20(26(46)34-15(3)28(48)49)37-29(50)30(4,5)38-27(47)18(7-9-23(42)43)36-25(45)17(6-8-21(31)40)35-22(41)13-33-24(44)19-11-16(39)12-32-19/h14-20,32,39H,6-13H2,1-5H3,(H2,31,40)(H,33,44)(H,34,46)(H,35,41)(H,36,45)(H,37,50)(H,38,47)(H,42,43)(H,48,49)/t15-,16+,17-,18-,19-,20-/m0/s1. The maximum Gasteiger partial charge on any atom is 0.325 e. The fraction of sp³-hybridized carbons (Fsp3) is 0.700. The maximum absolute atomic E-state index is 13.4. The summed E-state index contributed by atoms with van der Waals surface area (Å²) in [4.78, 5) is 112. The molecule has 1 rings (SSSR count). The van der Waals surface area contributed by atoms with Gasteiger partial charge >= 0.3 is 11.9 Å². The summed E-state index contributed by atoms with van der Waals surface area (Å²) in [6.45, 7) is 6.97. The number of hydrogen-bond donors (Lipinski definition) is 11. The van der Waals surface area contributed by atoms with Crippen molar-refractivity contribution in [3.63, 3.8) is 0 Å². The van der Waals surface area contributed by atoms with Gasteiger partial charge in [0.15, 0.2) is 0 Å². The van der Waals surface area contributed by atoms with Crippen molar-refractivity contribution < 1.29 is 58.5 Å². The number of carbonyl (C=O) groups excluding carboxylic acids is 7. The lowest BCUT2D eigenvalue weighted by atomic mass is 9.98. The van der Waals surface area contributed by atoms with Gasteiger partial charge in [-0.15, -0.1) is 0 Å². The van der Waals surface area contributed by atoms with E-state index in [2.05, 4.69) is 37.2 Å². The quantitative estimate of drug-likeness (QED) is 0.0540. The van der Waals surface area contributed by atoms with Gasteiger partial charge in [0.2, 0.25) is 41.4 Å². The van der Waals surface area contributed by atoms with Crippen LogP contribution in [0.3, 0.4) is 0 Å². The fourth-order valence-electron chi connectivity index (χ4n) is 4.69. The molecular weight excluding hydrogens is 664 g/mol. The van der Waals surface area contributed by atoms with Crippen LogP contribution in [0.2, 0.25) is 0 Å². The first-order valence-corrected chi connectivity index (χ1v) is 16.1. The Morgan fingerprint density at radius 2 is 1.40 bits per heavy atom. The zero-order valence-corrected chi connectivity index (χ0v) is 28.8. The molecular formula is C30H50N8O12. The van der Waals surface area contributed by atoms with E-state index in [0.717, 1.165) is 0 Å². The molecule has 1 fully saturated rings. The van der Waals surface area contributed by atoms with Crippen molar-refractivity contribution in [1.29, 1.82) is 0 Å². The number of aliphatic hydroxyl groups excluding tert-OH is 1. The van der Waals surface area contributed by atoms with E-state index >= 15 is 0 Å². The number of rotatable bonds is 21. The normalized spacial score (nSPS) is 18.1. The molecule has 1 aliphatic rings. The number of nitrogens with one attached hydrogen (secondary N) is 7. The Hall–Kier alpha value is -4.85. The molecule has 1 heterocycles. The van der Waals surface area contributed by atoms with Crippen molar-refractivity contribution >= 4 is 53.3 Å². The number of carboxylic acids is 2. The van der Waals surface area contributed by atoms with Crippen LogP contribution in [-0.2, 0) is 43.2 Å². The lowest BCUT2D eigenvalue weighted by Gasteiger charge is -2.31. The number of nitrogens with two attached hydrogens (primary N) is 1. The average molecular weight is 715 g/mol. The SMILES string of the molecule is CC(C)C[C@H](NC(=O)C(C)(C)NC(=O)[C@H](CCC(=O)O)NC(=O)[C@H](CCC(N)=O)NC(=O)CNC(=O)[C@@H]1C[C@@H](O)CN1)C(=O)N[C@@H](C)C(=O)O. The molecule has 20 nitrogen and oxygen atoms in total. The van der Waals surface area contributed by atoms with Gasteiger partial charge in [-0.2, -0.15) is 0 Å². The van der Waals surface area contributed by atoms with Crippen molar-refractivity contribution in [3.05, 3.63) is 0 Å². The molecule has 0 saturated carbocycles. The molecule has 0 spiro atoms. The third-order valence-electron chi connectivity index (χ3n) is 7.52. The Balaban J connectivity index is 3.07. The zero-order valence-electron chi connectivity index (χ0n) is 28.8. The average Bonchev–Trinajstić information content (AvgIpc) is 3.44. The van der Waals surface area contributed by atoms with Crippen molar-refractivity contribution in [2.45, 2.75) is 115 Å². The molecule has 12 N–H and O–H groups in total. The molecule has 282 valence electrons. The number of primary amides is 1. The molecule has 0 aromatic carbocycles. The Labute approximate surface area is 288 Å². The molecule has 1 saturated heterocycles. The lowest BCUT2D eigenvalue weighted by Crippen LogP contribution is -2.63. The second-order valence-electron chi connectivity index (χ2n) is 13.0. The number of carbonyl (C=O) groups is 9. The van der Waals surface area contributed by atoms with Gasteiger partial charge in [0.05, 0.1) is 18.7 Å². The van der Waals surface area contributed by atoms with Crippen molar-refractivity contribution in [3.8, 4) is 0 Å². The van der Waals surface area contributed by atoms with Crippen molar-refractivity contribution in [1.82, 2.24) is 37.2 Å². The second kappa shape index (κ2) is 20.0. The van der Waals surface area contributed by atoms with E-state index in [9.17, 15) is 53.4 Å². The fourth-order valence-corrected chi connectivity index (χ4v) is 4.69. The van der Waals surface area contributed by atoms with E-state index in [1.807, 2.05) is 0 Å². The topological polar surface area (TPSA) is 325 Å². The predicted octanol–water partition coefficient (Wildman–Crippen LogP) is -4.06. The number of aliphatic carboxylic acids is 2. The summed E-state index contributed by atoms with van der Waals surface area (Å²) in [7, 11) is 0.